The molecule has 3 aromatic rings. The van der Waals surface area contributed by atoms with Crippen LogP contribution in [0.3, 0.4) is 0 Å². The Hall–Kier alpha value is -2.23. The fraction of sp³-hybridized carbons (Fsp3) is 0.273. The third kappa shape index (κ3) is 3.37. The Morgan fingerprint density at radius 2 is 1.88 bits per heavy atom. The number of fused-ring (bicyclic) bond motifs is 1. The van der Waals surface area contributed by atoms with Gasteiger partial charge < -0.3 is 9.67 Å². The SMILES string of the molecule is Cc1ccc(O)c(CN2CCCn3cccc3C2c2ccc(Cl)cc2)c1. The lowest BCUT2D eigenvalue weighted by Gasteiger charge is -2.31. The van der Waals surface area contributed by atoms with Crippen molar-refractivity contribution in [2.24, 2.45) is 0 Å². The van der Waals surface area contributed by atoms with Crippen LogP contribution in [0.2, 0.25) is 5.02 Å². The Balaban J connectivity index is 1.75. The number of aromatic nitrogens is 1. The van der Waals surface area contributed by atoms with Gasteiger partial charge >= 0.3 is 0 Å². The number of phenolic OH excluding ortho intramolecular Hbond substituents is 1. The summed E-state index contributed by atoms with van der Waals surface area (Å²) >= 11 is 6.11. The highest BCUT2D eigenvalue weighted by Gasteiger charge is 2.27. The van der Waals surface area contributed by atoms with Gasteiger partial charge in [0.25, 0.3) is 0 Å². The van der Waals surface area contributed by atoms with E-state index in [1.54, 1.807) is 6.07 Å². The molecule has 0 amide bonds. The summed E-state index contributed by atoms with van der Waals surface area (Å²) in [6.45, 7) is 4.77. The van der Waals surface area contributed by atoms with Gasteiger partial charge in [-0.3, -0.25) is 4.90 Å². The first-order valence-corrected chi connectivity index (χ1v) is 9.42. The number of nitrogens with zero attached hydrogens (tertiary/aromatic N) is 2. The van der Waals surface area contributed by atoms with Gasteiger partial charge in [-0.2, -0.15) is 0 Å². The van der Waals surface area contributed by atoms with Crippen LogP contribution in [0.5, 0.6) is 5.75 Å². The molecule has 4 heteroatoms. The normalized spacial score (nSPS) is 17.7. The van der Waals surface area contributed by atoms with Crippen LogP contribution in [-0.4, -0.2) is 21.1 Å². The Morgan fingerprint density at radius 3 is 2.69 bits per heavy atom. The highest BCUT2D eigenvalue weighted by Crippen LogP contribution is 2.34. The maximum absolute atomic E-state index is 10.3. The second kappa shape index (κ2) is 7.18. The van der Waals surface area contributed by atoms with Gasteiger partial charge in [0.1, 0.15) is 5.75 Å². The van der Waals surface area contributed by atoms with E-state index in [0.717, 1.165) is 30.1 Å². The minimum Gasteiger partial charge on any atom is -0.508 e. The maximum atomic E-state index is 10.3. The van der Waals surface area contributed by atoms with Crippen LogP contribution < -0.4 is 0 Å². The molecule has 1 aromatic heterocycles. The molecule has 1 N–H and O–H groups in total. The first-order valence-electron chi connectivity index (χ1n) is 9.05. The average Bonchev–Trinajstić information content (AvgIpc) is 3.01. The molecule has 0 aliphatic carbocycles. The van der Waals surface area contributed by atoms with Crippen molar-refractivity contribution in [3.63, 3.8) is 0 Å². The molecular weight excluding hydrogens is 344 g/mol. The largest absolute Gasteiger partial charge is 0.508 e. The van der Waals surface area contributed by atoms with Gasteiger partial charge in [-0.1, -0.05) is 41.4 Å². The summed E-state index contributed by atoms with van der Waals surface area (Å²) in [7, 11) is 0. The van der Waals surface area contributed by atoms with Crippen molar-refractivity contribution in [1.82, 2.24) is 9.47 Å². The monoisotopic (exact) mass is 366 g/mol. The summed E-state index contributed by atoms with van der Waals surface area (Å²) in [5, 5.41) is 11.1. The third-order valence-corrected chi connectivity index (χ3v) is 5.40. The van der Waals surface area contributed by atoms with Gasteiger partial charge in [0.15, 0.2) is 0 Å². The van der Waals surface area contributed by atoms with Gasteiger partial charge in [0, 0.05) is 42.1 Å². The summed E-state index contributed by atoms with van der Waals surface area (Å²) in [5.74, 6) is 0.366. The number of aromatic hydroxyl groups is 1. The molecule has 0 radical (unpaired) electrons. The summed E-state index contributed by atoms with van der Waals surface area (Å²) in [6.07, 6.45) is 3.24. The lowest BCUT2D eigenvalue weighted by atomic mass is 10.0. The quantitative estimate of drug-likeness (QED) is 0.694. The van der Waals surface area contributed by atoms with Crippen LogP contribution in [0.4, 0.5) is 0 Å². The molecule has 134 valence electrons. The Bertz CT molecular complexity index is 901. The van der Waals surface area contributed by atoms with E-state index in [9.17, 15) is 5.11 Å². The smallest absolute Gasteiger partial charge is 0.120 e. The number of benzene rings is 2. The van der Waals surface area contributed by atoms with Crippen LogP contribution in [0, 0.1) is 6.92 Å². The lowest BCUT2D eigenvalue weighted by Crippen LogP contribution is -2.29. The van der Waals surface area contributed by atoms with Gasteiger partial charge in [0.2, 0.25) is 0 Å². The van der Waals surface area contributed by atoms with Gasteiger partial charge in [-0.15, -0.1) is 0 Å². The molecule has 26 heavy (non-hydrogen) atoms. The van der Waals surface area contributed by atoms with Crippen LogP contribution >= 0.6 is 11.6 Å². The van der Waals surface area contributed by atoms with Crippen molar-refractivity contribution in [1.29, 1.82) is 0 Å². The van der Waals surface area contributed by atoms with E-state index >= 15 is 0 Å². The molecule has 1 unspecified atom stereocenters. The van der Waals surface area contributed by atoms with Crippen molar-refractivity contribution in [3.05, 3.63) is 88.2 Å². The minimum absolute atomic E-state index is 0.143. The van der Waals surface area contributed by atoms with Gasteiger partial charge in [-0.05, 0) is 49.2 Å². The van der Waals surface area contributed by atoms with Crippen LogP contribution in [0.1, 0.15) is 34.8 Å². The minimum atomic E-state index is 0.143. The van der Waals surface area contributed by atoms with Crippen molar-refractivity contribution < 1.29 is 5.11 Å². The van der Waals surface area contributed by atoms with E-state index < -0.39 is 0 Å². The zero-order valence-corrected chi connectivity index (χ0v) is 15.7. The number of hydrogen-bond donors (Lipinski definition) is 1. The molecule has 1 aliphatic heterocycles. The molecular formula is C22H23ClN2O. The fourth-order valence-electron chi connectivity index (χ4n) is 3.90. The van der Waals surface area contributed by atoms with E-state index in [-0.39, 0.29) is 6.04 Å². The molecule has 0 spiro atoms. The molecule has 0 saturated carbocycles. The first-order chi connectivity index (χ1) is 12.6. The van der Waals surface area contributed by atoms with Crippen molar-refractivity contribution in [2.45, 2.75) is 32.5 Å². The van der Waals surface area contributed by atoms with Crippen LogP contribution in [0.15, 0.2) is 60.8 Å². The molecule has 2 aromatic carbocycles. The summed E-state index contributed by atoms with van der Waals surface area (Å²) < 4.78 is 2.34. The molecule has 2 heterocycles. The predicted molar refractivity (Wildman–Crippen MR) is 106 cm³/mol. The van der Waals surface area contributed by atoms with E-state index in [0.29, 0.717) is 12.3 Å². The highest BCUT2D eigenvalue weighted by molar-refractivity contribution is 6.30. The van der Waals surface area contributed by atoms with Crippen LogP contribution in [-0.2, 0) is 13.1 Å². The van der Waals surface area contributed by atoms with E-state index in [2.05, 4.69) is 52.9 Å². The fourth-order valence-corrected chi connectivity index (χ4v) is 4.02. The van der Waals surface area contributed by atoms with Crippen molar-refractivity contribution in [3.8, 4) is 5.75 Å². The number of hydrogen-bond acceptors (Lipinski definition) is 2. The molecule has 3 nitrogen and oxygen atoms in total. The summed E-state index contributed by atoms with van der Waals surface area (Å²) in [4.78, 5) is 2.45. The van der Waals surface area contributed by atoms with Crippen molar-refractivity contribution >= 4 is 11.6 Å². The maximum Gasteiger partial charge on any atom is 0.120 e. The van der Waals surface area contributed by atoms with Crippen LogP contribution in [0.25, 0.3) is 0 Å². The zero-order chi connectivity index (χ0) is 18.1. The zero-order valence-electron chi connectivity index (χ0n) is 14.9. The Kier molecular flexibility index (Phi) is 4.75. The number of halogens is 1. The summed E-state index contributed by atoms with van der Waals surface area (Å²) in [6, 6.07) is 18.4. The van der Waals surface area contributed by atoms with E-state index in [4.69, 9.17) is 11.6 Å². The van der Waals surface area contributed by atoms with Gasteiger partial charge in [0.05, 0.1) is 6.04 Å². The topological polar surface area (TPSA) is 28.4 Å². The van der Waals surface area contributed by atoms with Crippen molar-refractivity contribution in [2.75, 3.05) is 6.54 Å². The Morgan fingerprint density at radius 1 is 1.08 bits per heavy atom. The van der Waals surface area contributed by atoms with Gasteiger partial charge in [-0.25, -0.2) is 0 Å². The average molecular weight is 367 g/mol. The molecule has 1 aliphatic rings. The number of rotatable bonds is 3. The van der Waals surface area contributed by atoms with E-state index in [1.807, 2.05) is 18.2 Å². The molecule has 0 fully saturated rings. The Labute approximate surface area is 159 Å². The molecule has 0 bridgehead atoms. The molecule has 0 saturated heterocycles. The number of aryl methyl sites for hydroxylation is 2. The summed E-state index contributed by atoms with van der Waals surface area (Å²) in [5.41, 5.74) is 4.66. The second-order valence-corrected chi connectivity index (χ2v) is 7.47. The standard InChI is InChI=1S/C22H23ClN2O/c1-16-5-10-21(26)18(14-16)15-25-13-3-12-24-11-2-4-20(24)22(25)17-6-8-19(23)9-7-17/h2,4-11,14,22,26H,3,12-13,15H2,1H3. The van der Waals surface area contributed by atoms with E-state index in [1.165, 1.54) is 16.8 Å². The number of phenols is 1. The third-order valence-electron chi connectivity index (χ3n) is 5.15. The predicted octanol–water partition coefficient (Wildman–Crippen LogP) is 5.15. The second-order valence-electron chi connectivity index (χ2n) is 7.04. The highest BCUT2D eigenvalue weighted by atomic mass is 35.5. The first kappa shape index (κ1) is 17.2. The molecule has 4 rings (SSSR count). The molecule has 1 atom stereocenters. The lowest BCUT2D eigenvalue weighted by molar-refractivity contribution is 0.217.